The van der Waals surface area contributed by atoms with Crippen LogP contribution in [0.5, 0.6) is 0 Å². The molecule has 0 aliphatic carbocycles. The van der Waals surface area contributed by atoms with E-state index in [1.165, 1.54) is 0 Å². The highest BCUT2D eigenvalue weighted by Gasteiger charge is 2.37. The number of ether oxygens (including phenoxy) is 1. The molecule has 4 nitrogen and oxygen atoms in total. The molecular weight excluding hydrogens is 194 g/mol. The maximum atomic E-state index is 11.5. The van der Waals surface area contributed by atoms with Crippen LogP contribution in [0.2, 0.25) is 0 Å². The van der Waals surface area contributed by atoms with Gasteiger partial charge in [-0.25, -0.2) is 4.79 Å². The fourth-order valence-corrected chi connectivity index (χ4v) is 1.28. The SMILES string of the molecule is CCOC(=O)[C@@](O)(CN)c1ccccc1. The third-order valence-electron chi connectivity index (χ3n) is 2.16. The predicted molar refractivity (Wildman–Crippen MR) is 56.0 cm³/mol. The van der Waals surface area contributed by atoms with E-state index < -0.39 is 11.6 Å². The number of carbonyl (C=O) groups is 1. The topological polar surface area (TPSA) is 72.5 Å². The number of nitrogens with two attached hydrogens (primary N) is 1. The van der Waals surface area contributed by atoms with Gasteiger partial charge in [0.1, 0.15) is 0 Å². The van der Waals surface area contributed by atoms with E-state index in [1.54, 1.807) is 37.3 Å². The molecule has 0 aliphatic heterocycles. The van der Waals surface area contributed by atoms with Crippen molar-refractivity contribution in [1.29, 1.82) is 0 Å². The highest BCUT2D eigenvalue weighted by atomic mass is 16.5. The molecule has 0 fully saturated rings. The van der Waals surface area contributed by atoms with Gasteiger partial charge < -0.3 is 15.6 Å². The maximum Gasteiger partial charge on any atom is 0.344 e. The predicted octanol–water partition coefficient (Wildman–Crippen LogP) is 0.396. The zero-order valence-electron chi connectivity index (χ0n) is 8.64. The molecule has 0 spiro atoms. The van der Waals surface area contributed by atoms with Crippen LogP contribution in [0.25, 0.3) is 0 Å². The molecule has 0 radical (unpaired) electrons. The molecule has 0 amide bonds. The molecule has 1 aromatic carbocycles. The zero-order chi connectivity index (χ0) is 11.3. The minimum atomic E-state index is -1.74. The summed E-state index contributed by atoms with van der Waals surface area (Å²) >= 11 is 0. The van der Waals surface area contributed by atoms with Gasteiger partial charge in [-0.1, -0.05) is 30.3 Å². The van der Waals surface area contributed by atoms with Crippen molar-refractivity contribution in [3.8, 4) is 0 Å². The number of carbonyl (C=O) groups excluding carboxylic acids is 1. The van der Waals surface area contributed by atoms with Crippen molar-refractivity contribution in [2.45, 2.75) is 12.5 Å². The highest BCUT2D eigenvalue weighted by Crippen LogP contribution is 2.21. The number of hydrogen-bond acceptors (Lipinski definition) is 4. The first-order valence-electron chi connectivity index (χ1n) is 4.80. The lowest BCUT2D eigenvalue weighted by Gasteiger charge is -2.24. The van der Waals surface area contributed by atoms with Crippen molar-refractivity contribution in [2.24, 2.45) is 5.73 Å². The van der Waals surface area contributed by atoms with Crippen LogP contribution < -0.4 is 5.73 Å². The van der Waals surface area contributed by atoms with Gasteiger partial charge in [-0.15, -0.1) is 0 Å². The van der Waals surface area contributed by atoms with Crippen molar-refractivity contribution in [2.75, 3.05) is 13.2 Å². The van der Waals surface area contributed by atoms with Gasteiger partial charge in [0.2, 0.25) is 0 Å². The molecule has 1 aromatic rings. The maximum absolute atomic E-state index is 11.5. The van der Waals surface area contributed by atoms with E-state index in [2.05, 4.69) is 0 Å². The lowest BCUT2D eigenvalue weighted by atomic mass is 9.94. The largest absolute Gasteiger partial charge is 0.464 e. The summed E-state index contributed by atoms with van der Waals surface area (Å²) in [6.45, 7) is 1.70. The van der Waals surface area contributed by atoms with Gasteiger partial charge in [-0.3, -0.25) is 0 Å². The Morgan fingerprint density at radius 1 is 1.47 bits per heavy atom. The number of esters is 1. The molecule has 1 atom stereocenters. The Morgan fingerprint density at radius 3 is 2.53 bits per heavy atom. The molecule has 0 aromatic heterocycles. The Labute approximate surface area is 88.7 Å². The monoisotopic (exact) mass is 209 g/mol. The molecule has 0 aliphatic rings. The summed E-state index contributed by atoms with van der Waals surface area (Å²) in [5, 5.41) is 10.1. The van der Waals surface area contributed by atoms with E-state index >= 15 is 0 Å². The van der Waals surface area contributed by atoms with Crippen molar-refractivity contribution >= 4 is 5.97 Å². The second-order valence-electron chi connectivity index (χ2n) is 3.15. The molecule has 0 bridgehead atoms. The van der Waals surface area contributed by atoms with Gasteiger partial charge >= 0.3 is 5.97 Å². The van der Waals surface area contributed by atoms with E-state index in [9.17, 15) is 9.90 Å². The molecule has 3 N–H and O–H groups in total. The normalized spacial score (nSPS) is 14.3. The van der Waals surface area contributed by atoms with Crippen LogP contribution in [0, 0.1) is 0 Å². The van der Waals surface area contributed by atoms with E-state index in [-0.39, 0.29) is 13.2 Å². The first-order valence-corrected chi connectivity index (χ1v) is 4.80. The van der Waals surface area contributed by atoms with Gasteiger partial charge in [0, 0.05) is 6.54 Å². The molecule has 0 saturated carbocycles. The van der Waals surface area contributed by atoms with E-state index in [0.29, 0.717) is 5.56 Å². The summed E-state index contributed by atoms with van der Waals surface area (Å²) in [7, 11) is 0. The average molecular weight is 209 g/mol. The van der Waals surface area contributed by atoms with E-state index in [4.69, 9.17) is 10.5 Å². The van der Waals surface area contributed by atoms with Crippen LogP contribution in [0.4, 0.5) is 0 Å². The fourth-order valence-electron chi connectivity index (χ4n) is 1.28. The molecule has 4 heteroatoms. The van der Waals surface area contributed by atoms with Crippen molar-refractivity contribution in [3.05, 3.63) is 35.9 Å². The molecule has 1 rings (SSSR count). The summed E-state index contributed by atoms with van der Waals surface area (Å²) in [6, 6.07) is 8.55. The Morgan fingerprint density at radius 2 is 2.07 bits per heavy atom. The Hall–Kier alpha value is -1.39. The molecular formula is C11H15NO3. The van der Waals surface area contributed by atoms with E-state index in [1.807, 2.05) is 0 Å². The first kappa shape index (κ1) is 11.7. The van der Waals surface area contributed by atoms with Crippen LogP contribution in [0.15, 0.2) is 30.3 Å². The highest BCUT2D eigenvalue weighted by molar-refractivity contribution is 5.81. The quantitative estimate of drug-likeness (QED) is 0.704. The van der Waals surface area contributed by atoms with Crippen molar-refractivity contribution in [3.63, 3.8) is 0 Å². The lowest BCUT2D eigenvalue weighted by molar-refractivity contribution is -0.165. The number of benzene rings is 1. The summed E-state index contributed by atoms with van der Waals surface area (Å²) in [4.78, 5) is 11.5. The van der Waals surface area contributed by atoms with Crippen LogP contribution in [-0.2, 0) is 15.1 Å². The van der Waals surface area contributed by atoms with Crippen LogP contribution >= 0.6 is 0 Å². The molecule has 0 unspecified atom stereocenters. The van der Waals surface area contributed by atoms with Crippen molar-refractivity contribution in [1.82, 2.24) is 0 Å². The Bertz CT molecular complexity index is 326. The second-order valence-corrected chi connectivity index (χ2v) is 3.15. The Balaban J connectivity index is 3.00. The van der Waals surface area contributed by atoms with Gasteiger partial charge in [-0.05, 0) is 12.5 Å². The van der Waals surface area contributed by atoms with Gasteiger partial charge in [0.15, 0.2) is 5.60 Å². The van der Waals surface area contributed by atoms with Crippen LogP contribution in [0.3, 0.4) is 0 Å². The Kier molecular flexibility index (Phi) is 3.82. The zero-order valence-corrected chi connectivity index (χ0v) is 8.64. The minimum Gasteiger partial charge on any atom is -0.464 e. The summed E-state index contributed by atoms with van der Waals surface area (Å²) in [5.74, 6) is -0.710. The summed E-state index contributed by atoms with van der Waals surface area (Å²) in [5.41, 5.74) is 4.13. The average Bonchev–Trinajstić information content (AvgIpc) is 2.29. The first-order chi connectivity index (χ1) is 7.15. The lowest BCUT2D eigenvalue weighted by Crippen LogP contribution is -2.44. The third kappa shape index (κ3) is 2.34. The van der Waals surface area contributed by atoms with Crippen molar-refractivity contribution < 1.29 is 14.6 Å². The number of aliphatic hydroxyl groups is 1. The van der Waals surface area contributed by atoms with Crippen LogP contribution in [0.1, 0.15) is 12.5 Å². The summed E-state index contributed by atoms with van der Waals surface area (Å²) in [6.07, 6.45) is 0. The number of rotatable bonds is 4. The molecule has 15 heavy (non-hydrogen) atoms. The standard InChI is InChI=1S/C11H15NO3/c1-2-15-10(13)11(14,8-12)9-6-4-3-5-7-9/h3-7,14H,2,8,12H2,1H3/t11-/m1/s1. The smallest absolute Gasteiger partial charge is 0.344 e. The minimum absolute atomic E-state index is 0.199. The molecule has 82 valence electrons. The molecule has 0 saturated heterocycles. The summed E-state index contributed by atoms with van der Waals surface area (Å²) < 4.78 is 4.78. The molecule has 0 heterocycles. The second kappa shape index (κ2) is 4.91. The van der Waals surface area contributed by atoms with Gasteiger partial charge in [0.05, 0.1) is 6.61 Å². The van der Waals surface area contributed by atoms with Gasteiger partial charge in [0.25, 0.3) is 0 Å². The third-order valence-corrected chi connectivity index (χ3v) is 2.16. The van der Waals surface area contributed by atoms with Crippen LogP contribution in [-0.4, -0.2) is 24.2 Å². The number of hydrogen-bond donors (Lipinski definition) is 2. The fraction of sp³-hybridized carbons (Fsp3) is 0.364. The van der Waals surface area contributed by atoms with E-state index in [0.717, 1.165) is 0 Å². The van der Waals surface area contributed by atoms with Gasteiger partial charge in [-0.2, -0.15) is 0 Å².